The first-order chi connectivity index (χ1) is 12.4. The number of nitro groups is 2. The Morgan fingerprint density at radius 3 is 1.46 bits per heavy atom. The molecule has 0 saturated carbocycles. The van der Waals surface area contributed by atoms with Crippen LogP contribution in [0.3, 0.4) is 0 Å². The van der Waals surface area contributed by atoms with Crippen LogP contribution in [0.5, 0.6) is 11.5 Å². The van der Waals surface area contributed by atoms with E-state index in [1.165, 1.54) is 12.1 Å². The third kappa shape index (κ3) is 5.17. The van der Waals surface area contributed by atoms with Crippen LogP contribution < -0.4 is 9.47 Å². The van der Waals surface area contributed by atoms with E-state index in [1.807, 2.05) is 0 Å². The highest BCUT2D eigenvalue weighted by atomic mass is 16.6. The molecule has 0 aliphatic rings. The van der Waals surface area contributed by atoms with E-state index in [4.69, 9.17) is 9.47 Å². The van der Waals surface area contributed by atoms with Gasteiger partial charge in [0.2, 0.25) is 0 Å². The van der Waals surface area contributed by atoms with Crippen LogP contribution >= 0.6 is 0 Å². The normalized spacial score (nSPS) is 10.4. The summed E-state index contributed by atoms with van der Waals surface area (Å²) >= 11 is 0. The van der Waals surface area contributed by atoms with E-state index in [1.54, 1.807) is 38.1 Å². The summed E-state index contributed by atoms with van der Waals surface area (Å²) in [6, 6.07) is 9.33. The lowest BCUT2D eigenvalue weighted by atomic mass is 10.2. The Bertz CT molecular complexity index is 739. The predicted molar refractivity (Wildman–Crippen MR) is 95.9 cm³/mol. The fourth-order valence-corrected chi connectivity index (χ4v) is 2.43. The highest BCUT2D eigenvalue weighted by Gasteiger charge is 2.11. The van der Waals surface area contributed by atoms with E-state index in [0.29, 0.717) is 35.8 Å². The second-order valence-corrected chi connectivity index (χ2v) is 5.81. The van der Waals surface area contributed by atoms with E-state index in [2.05, 4.69) is 0 Å². The van der Waals surface area contributed by atoms with Crippen molar-refractivity contribution in [3.8, 4) is 11.5 Å². The Balaban J connectivity index is 1.71. The van der Waals surface area contributed by atoms with Gasteiger partial charge in [-0.1, -0.05) is 0 Å². The molecule has 26 heavy (non-hydrogen) atoms. The first-order valence-corrected chi connectivity index (χ1v) is 8.14. The number of ether oxygens (including phenoxy) is 2. The molecule has 2 rings (SSSR count). The van der Waals surface area contributed by atoms with Gasteiger partial charge in [-0.15, -0.1) is 0 Å². The van der Waals surface area contributed by atoms with E-state index in [9.17, 15) is 20.2 Å². The fourth-order valence-electron chi connectivity index (χ4n) is 2.43. The minimum Gasteiger partial charge on any atom is -0.494 e. The number of unbranched alkanes of at least 4 members (excludes halogenated alkanes) is 1. The molecule has 0 aliphatic heterocycles. The molecule has 8 heteroatoms. The summed E-state index contributed by atoms with van der Waals surface area (Å²) in [5.41, 5.74) is 1.27. The van der Waals surface area contributed by atoms with Crippen molar-refractivity contribution >= 4 is 11.4 Å². The lowest BCUT2D eigenvalue weighted by Crippen LogP contribution is -2.03. The van der Waals surface area contributed by atoms with Gasteiger partial charge in [0.05, 0.1) is 23.1 Å². The van der Waals surface area contributed by atoms with Crippen molar-refractivity contribution in [2.75, 3.05) is 13.2 Å². The van der Waals surface area contributed by atoms with Crippen LogP contribution in [-0.2, 0) is 0 Å². The van der Waals surface area contributed by atoms with Crippen molar-refractivity contribution in [2.24, 2.45) is 0 Å². The van der Waals surface area contributed by atoms with Crippen LogP contribution in [0.25, 0.3) is 0 Å². The third-order valence-electron chi connectivity index (χ3n) is 3.81. The summed E-state index contributed by atoms with van der Waals surface area (Å²) in [5.74, 6) is 1.19. The molecule has 0 heterocycles. The monoisotopic (exact) mass is 360 g/mol. The molecule has 0 saturated heterocycles. The van der Waals surface area contributed by atoms with Crippen molar-refractivity contribution < 1.29 is 19.3 Å². The van der Waals surface area contributed by atoms with Crippen LogP contribution in [0.15, 0.2) is 36.4 Å². The molecule has 2 aromatic carbocycles. The fraction of sp³-hybridized carbons (Fsp3) is 0.333. The van der Waals surface area contributed by atoms with Crippen LogP contribution in [0.1, 0.15) is 24.0 Å². The van der Waals surface area contributed by atoms with E-state index < -0.39 is 9.85 Å². The maximum Gasteiger partial charge on any atom is 0.272 e. The Morgan fingerprint density at radius 1 is 0.769 bits per heavy atom. The number of hydrogen-bond donors (Lipinski definition) is 0. The molecule has 0 atom stereocenters. The Hall–Kier alpha value is -3.16. The first kappa shape index (κ1) is 19.2. The summed E-state index contributed by atoms with van der Waals surface area (Å²) in [5, 5.41) is 21.5. The van der Waals surface area contributed by atoms with Gasteiger partial charge in [-0.2, -0.15) is 0 Å². The van der Waals surface area contributed by atoms with Crippen molar-refractivity contribution in [1.29, 1.82) is 0 Å². The maximum absolute atomic E-state index is 10.8. The van der Waals surface area contributed by atoms with Gasteiger partial charge in [-0.05, 0) is 51.0 Å². The van der Waals surface area contributed by atoms with Crippen molar-refractivity contribution in [3.63, 3.8) is 0 Å². The average molecular weight is 360 g/mol. The highest BCUT2D eigenvalue weighted by molar-refractivity contribution is 5.45. The summed E-state index contributed by atoms with van der Waals surface area (Å²) in [6.45, 7) is 4.29. The highest BCUT2D eigenvalue weighted by Crippen LogP contribution is 2.24. The van der Waals surface area contributed by atoms with Gasteiger partial charge in [0, 0.05) is 23.3 Å². The molecule has 138 valence electrons. The molecular formula is C18H20N2O6. The van der Waals surface area contributed by atoms with E-state index >= 15 is 0 Å². The lowest BCUT2D eigenvalue weighted by Gasteiger charge is -2.09. The van der Waals surface area contributed by atoms with E-state index in [-0.39, 0.29) is 11.4 Å². The number of nitrogens with zero attached hydrogens (tertiary/aromatic N) is 2. The van der Waals surface area contributed by atoms with Crippen LogP contribution in [0.4, 0.5) is 11.4 Å². The quantitative estimate of drug-likeness (QED) is 0.374. The smallest absolute Gasteiger partial charge is 0.272 e. The van der Waals surface area contributed by atoms with Gasteiger partial charge >= 0.3 is 0 Å². The van der Waals surface area contributed by atoms with Gasteiger partial charge in [0.25, 0.3) is 11.4 Å². The molecule has 0 aliphatic carbocycles. The third-order valence-corrected chi connectivity index (χ3v) is 3.81. The van der Waals surface area contributed by atoms with Gasteiger partial charge < -0.3 is 9.47 Å². The summed E-state index contributed by atoms with van der Waals surface area (Å²) in [7, 11) is 0. The number of hydrogen-bond acceptors (Lipinski definition) is 6. The molecule has 0 amide bonds. The first-order valence-electron chi connectivity index (χ1n) is 8.14. The van der Waals surface area contributed by atoms with Gasteiger partial charge in [0.1, 0.15) is 11.5 Å². The molecule has 0 unspecified atom stereocenters. The second-order valence-electron chi connectivity index (χ2n) is 5.81. The van der Waals surface area contributed by atoms with Gasteiger partial charge in [-0.25, -0.2) is 0 Å². The van der Waals surface area contributed by atoms with Crippen molar-refractivity contribution in [3.05, 3.63) is 67.8 Å². The minimum atomic E-state index is -0.420. The lowest BCUT2D eigenvalue weighted by molar-refractivity contribution is -0.385. The predicted octanol–water partition coefficient (Wildman–Crippen LogP) is 4.36. The number of nitro benzene ring substituents is 2. The molecule has 0 radical (unpaired) electrons. The summed E-state index contributed by atoms with van der Waals surface area (Å²) in [6.07, 6.45) is 1.50. The Labute approximate surface area is 150 Å². The SMILES string of the molecule is Cc1cc(OCCCCOc2ccc([N+](=O)[O-])c(C)c2)ccc1[N+](=O)[O-]. The van der Waals surface area contributed by atoms with Crippen molar-refractivity contribution in [1.82, 2.24) is 0 Å². The number of benzene rings is 2. The Morgan fingerprint density at radius 2 is 1.15 bits per heavy atom. The second kappa shape index (κ2) is 8.80. The van der Waals surface area contributed by atoms with Crippen LogP contribution in [0, 0.1) is 34.1 Å². The van der Waals surface area contributed by atoms with Crippen molar-refractivity contribution in [2.45, 2.75) is 26.7 Å². The molecule has 0 bridgehead atoms. The molecule has 0 aromatic heterocycles. The van der Waals surface area contributed by atoms with Gasteiger partial charge in [0.15, 0.2) is 0 Å². The minimum absolute atomic E-state index is 0.0733. The zero-order chi connectivity index (χ0) is 19.1. The van der Waals surface area contributed by atoms with E-state index in [0.717, 1.165) is 12.8 Å². The number of aryl methyl sites for hydroxylation is 2. The maximum atomic E-state index is 10.8. The molecular weight excluding hydrogens is 340 g/mol. The molecule has 8 nitrogen and oxygen atoms in total. The average Bonchev–Trinajstić information content (AvgIpc) is 2.57. The van der Waals surface area contributed by atoms with Crippen LogP contribution in [-0.4, -0.2) is 23.1 Å². The zero-order valence-electron chi connectivity index (χ0n) is 14.6. The Kier molecular flexibility index (Phi) is 6.48. The van der Waals surface area contributed by atoms with Crippen LogP contribution in [0.2, 0.25) is 0 Å². The molecule has 0 spiro atoms. The van der Waals surface area contributed by atoms with Gasteiger partial charge in [-0.3, -0.25) is 20.2 Å². The zero-order valence-corrected chi connectivity index (χ0v) is 14.6. The summed E-state index contributed by atoms with van der Waals surface area (Å²) in [4.78, 5) is 20.7. The largest absolute Gasteiger partial charge is 0.494 e. The molecule has 2 aromatic rings. The summed E-state index contributed by atoms with van der Waals surface area (Å²) < 4.78 is 11.2. The molecule has 0 fully saturated rings. The molecule has 0 N–H and O–H groups in total. The standard InChI is InChI=1S/C18H20N2O6/c1-13-11-15(5-7-17(13)19(21)22)25-9-3-4-10-26-16-6-8-18(20(23)24)14(2)12-16/h5-8,11-12H,3-4,9-10H2,1-2H3. The number of rotatable bonds is 9. The topological polar surface area (TPSA) is 105 Å².